The average Bonchev–Trinajstić information content (AvgIpc) is 3.51. The second kappa shape index (κ2) is 8.80. The summed E-state index contributed by atoms with van der Waals surface area (Å²) in [6.07, 6.45) is 9.19. The molecular weight excluding hydrogens is 497 g/mol. The van der Waals surface area contributed by atoms with Gasteiger partial charge < -0.3 is 4.98 Å². The summed E-state index contributed by atoms with van der Waals surface area (Å²) in [4.78, 5) is 25.2. The third-order valence-electron chi connectivity index (χ3n) is 5.69. The highest BCUT2D eigenvalue weighted by Gasteiger charge is 2.18. The topological polar surface area (TPSA) is 155 Å². The van der Waals surface area contributed by atoms with E-state index in [1.54, 1.807) is 43.1 Å². The van der Waals surface area contributed by atoms with Crippen LogP contribution in [0.2, 0.25) is 0 Å². The molecule has 0 unspecified atom stereocenters. The lowest BCUT2D eigenvalue weighted by Crippen LogP contribution is -2.21. The summed E-state index contributed by atoms with van der Waals surface area (Å²) < 4.78 is 39.8. The second-order valence-corrected chi connectivity index (χ2v) is 10.2. The number of nitrogens with one attached hydrogen (secondary N) is 3. The summed E-state index contributed by atoms with van der Waals surface area (Å²) in [7, 11) is -3.43. The Kier molecular flexibility index (Phi) is 5.43. The maximum Gasteiger partial charge on any atom is 0.209 e. The van der Waals surface area contributed by atoms with Gasteiger partial charge in [-0.15, -0.1) is 0 Å². The fraction of sp³-hybridized carbons (Fsp3) is 0.0833. The average molecular weight is 516 g/mol. The van der Waals surface area contributed by atoms with Crippen molar-refractivity contribution in [2.75, 3.05) is 6.26 Å². The summed E-state index contributed by atoms with van der Waals surface area (Å²) in [5, 5.41) is 8.04. The molecule has 1 aromatic carbocycles. The number of fused-ring (bicyclic) bond motifs is 2. The number of imidazole rings is 1. The van der Waals surface area contributed by atoms with Gasteiger partial charge in [0.1, 0.15) is 17.0 Å². The first kappa shape index (κ1) is 22.8. The van der Waals surface area contributed by atoms with E-state index < -0.39 is 15.8 Å². The summed E-state index contributed by atoms with van der Waals surface area (Å²) >= 11 is 0. The van der Waals surface area contributed by atoms with Crippen LogP contribution in [0.1, 0.15) is 5.56 Å². The molecule has 3 N–H and O–H groups in total. The molecule has 0 bridgehead atoms. The molecule has 6 aromatic rings. The fourth-order valence-electron chi connectivity index (χ4n) is 4.05. The number of benzene rings is 1. The smallest absolute Gasteiger partial charge is 0.209 e. The lowest BCUT2D eigenvalue weighted by molar-refractivity contribution is 0.586. The predicted molar refractivity (Wildman–Crippen MR) is 135 cm³/mol. The van der Waals surface area contributed by atoms with E-state index in [2.05, 4.69) is 39.8 Å². The number of sulfonamides is 1. The Balaban J connectivity index is 1.44. The van der Waals surface area contributed by atoms with Crippen LogP contribution in [0, 0.1) is 5.82 Å². The number of hydrogen-bond donors (Lipinski definition) is 3. The van der Waals surface area contributed by atoms with Crippen LogP contribution < -0.4 is 4.72 Å². The van der Waals surface area contributed by atoms with Crippen LogP contribution in [0.4, 0.5) is 4.39 Å². The van der Waals surface area contributed by atoms with Crippen LogP contribution in [0.25, 0.3) is 56.1 Å². The van der Waals surface area contributed by atoms with Gasteiger partial charge in [0.25, 0.3) is 0 Å². The third kappa shape index (κ3) is 4.52. The van der Waals surface area contributed by atoms with Gasteiger partial charge in [0.15, 0.2) is 17.1 Å². The first-order chi connectivity index (χ1) is 17.8. The maximum absolute atomic E-state index is 14.5. The largest absolute Gasteiger partial charge is 0.321 e. The van der Waals surface area contributed by atoms with E-state index in [1.807, 2.05) is 6.07 Å². The minimum atomic E-state index is -3.43. The summed E-state index contributed by atoms with van der Waals surface area (Å²) in [5.41, 5.74) is 5.19. The van der Waals surface area contributed by atoms with Gasteiger partial charge in [-0.3, -0.25) is 15.1 Å². The Hall–Kier alpha value is -4.62. The van der Waals surface area contributed by atoms with Crippen LogP contribution in [0.15, 0.2) is 61.3 Å². The van der Waals surface area contributed by atoms with Gasteiger partial charge >= 0.3 is 0 Å². The molecule has 0 amide bonds. The SMILES string of the molecule is CS(=O)(=O)NCc1cc(F)cc(-c2ccnc3[nH]c(-c4n[nH]c5ncc(-c6cnccn6)cc45)nc23)c1. The number of halogens is 1. The van der Waals surface area contributed by atoms with Gasteiger partial charge in [-0.1, -0.05) is 0 Å². The molecule has 6 rings (SSSR count). The van der Waals surface area contributed by atoms with Crippen LogP contribution in [-0.2, 0) is 16.6 Å². The molecule has 0 aliphatic rings. The molecule has 0 saturated heterocycles. The molecule has 5 aromatic heterocycles. The van der Waals surface area contributed by atoms with Crippen molar-refractivity contribution in [1.82, 2.24) is 44.8 Å². The number of aromatic nitrogens is 8. The highest BCUT2D eigenvalue weighted by Crippen LogP contribution is 2.32. The lowest BCUT2D eigenvalue weighted by Gasteiger charge is -2.07. The molecule has 13 heteroatoms. The molecular formula is C24H18FN9O2S. The number of nitrogens with zero attached hydrogens (tertiary/aromatic N) is 6. The van der Waals surface area contributed by atoms with E-state index in [1.165, 1.54) is 12.1 Å². The van der Waals surface area contributed by atoms with Crippen molar-refractivity contribution < 1.29 is 12.8 Å². The Bertz CT molecular complexity index is 1890. The number of pyridine rings is 2. The van der Waals surface area contributed by atoms with Crippen LogP contribution in [0.3, 0.4) is 0 Å². The van der Waals surface area contributed by atoms with Crippen LogP contribution >= 0.6 is 0 Å². The zero-order chi connectivity index (χ0) is 25.6. The molecule has 11 nitrogen and oxygen atoms in total. The normalized spacial score (nSPS) is 11.9. The van der Waals surface area contributed by atoms with E-state index in [0.29, 0.717) is 50.7 Å². The first-order valence-electron chi connectivity index (χ1n) is 11.0. The van der Waals surface area contributed by atoms with Crippen LogP contribution in [-0.4, -0.2) is 54.8 Å². The van der Waals surface area contributed by atoms with Crippen molar-refractivity contribution in [1.29, 1.82) is 0 Å². The standard InChI is InChI=1S/C24H18FN9O2S/c1-37(35,36)30-10-13-6-14(8-16(25)7-13)17-2-3-28-23-20(17)31-24(32-23)21-18-9-15(11-29-22(18)34-33-21)19-12-26-4-5-27-19/h2-9,11-12,30H,10H2,1H3,(H,28,31,32)(H,29,33,34). The molecule has 37 heavy (non-hydrogen) atoms. The molecule has 184 valence electrons. The lowest BCUT2D eigenvalue weighted by atomic mass is 10.0. The highest BCUT2D eigenvalue weighted by atomic mass is 32.2. The van der Waals surface area contributed by atoms with Crippen LogP contribution in [0.5, 0.6) is 0 Å². The minimum absolute atomic E-state index is 0.0377. The molecule has 0 spiro atoms. The van der Waals surface area contributed by atoms with Crippen molar-refractivity contribution >= 4 is 32.2 Å². The second-order valence-electron chi connectivity index (χ2n) is 8.37. The zero-order valence-electron chi connectivity index (χ0n) is 19.3. The summed E-state index contributed by atoms with van der Waals surface area (Å²) in [5.74, 6) is -0.0425. The Morgan fingerprint density at radius 2 is 1.86 bits per heavy atom. The monoisotopic (exact) mass is 515 g/mol. The highest BCUT2D eigenvalue weighted by molar-refractivity contribution is 7.88. The Morgan fingerprint density at radius 1 is 0.973 bits per heavy atom. The molecule has 0 aliphatic carbocycles. The van der Waals surface area contributed by atoms with Gasteiger partial charge in [-0.05, 0) is 41.5 Å². The van der Waals surface area contributed by atoms with Gasteiger partial charge in [0.2, 0.25) is 10.0 Å². The van der Waals surface area contributed by atoms with Gasteiger partial charge in [0, 0.05) is 42.5 Å². The third-order valence-corrected chi connectivity index (χ3v) is 6.36. The number of hydrogen-bond acceptors (Lipinski definition) is 8. The van der Waals surface area contributed by atoms with E-state index >= 15 is 0 Å². The van der Waals surface area contributed by atoms with Gasteiger partial charge in [0.05, 0.1) is 23.5 Å². The maximum atomic E-state index is 14.5. The van der Waals surface area contributed by atoms with E-state index in [0.717, 1.165) is 17.2 Å². The Morgan fingerprint density at radius 3 is 2.68 bits per heavy atom. The van der Waals surface area contributed by atoms with Gasteiger partial charge in [-0.2, -0.15) is 5.10 Å². The first-order valence-corrected chi connectivity index (χ1v) is 12.9. The number of aromatic amines is 2. The molecule has 0 aliphatic heterocycles. The summed E-state index contributed by atoms with van der Waals surface area (Å²) in [6, 6.07) is 8.00. The number of rotatable bonds is 6. The summed E-state index contributed by atoms with van der Waals surface area (Å²) in [6.45, 7) is -0.0377. The van der Waals surface area contributed by atoms with Gasteiger partial charge in [-0.25, -0.2) is 32.5 Å². The molecule has 0 saturated carbocycles. The molecule has 0 fully saturated rings. The minimum Gasteiger partial charge on any atom is -0.321 e. The Labute approximate surface area is 209 Å². The van der Waals surface area contributed by atoms with Crippen molar-refractivity contribution in [3.8, 4) is 33.9 Å². The van der Waals surface area contributed by atoms with Crippen molar-refractivity contribution in [3.05, 3.63) is 72.7 Å². The van der Waals surface area contributed by atoms with E-state index in [-0.39, 0.29) is 6.54 Å². The fourth-order valence-corrected chi connectivity index (χ4v) is 4.48. The molecule has 0 atom stereocenters. The van der Waals surface area contributed by atoms with Crippen molar-refractivity contribution in [2.45, 2.75) is 6.54 Å². The van der Waals surface area contributed by atoms with E-state index in [4.69, 9.17) is 4.98 Å². The van der Waals surface area contributed by atoms with Crippen molar-refractivity contribution in [2.24, 2.45) is 0 Å². The predicted octanol–water partition coefficient (Wildman–Crippen LogP) is 3.21. The van der Waals surface area contributed by atoms with Crippen molar-refractivity contribution in [3.63, 3.8) is 0 Å². The molecule has 5 heterocycles. The van der Waals surface area contributed by atoms with E-state index in [9.17, 15) is 12.8 Å². The zero-order valence-corrected chi connectivity index (χ0v) is 20.1. The quantitative estimate of drug-likeness (QED) is 0.305. The number of H-pyrrole nitrogens is 2. The molecule has 0 radical (unpaired) electrons.